The first-order valence-electron chi connectivity index (χ1n) is 4.40. The molecule has 0 saturated heterocycles. The molecule has 0 N–H and O–H groups in total. The quantitative estimate of drug-likeness (QED) is 0.583. The van der Waals surface area contributed by atoms with Crippen LogP contribution < -0.4 is 0 Å². The number of carbonyl (C=O) groups excluding carboxylic acids is 1. The van der Waals surface area contributed by atoms with Crippen LogP contribution in [0.15, 0.2) is 0 Å². The number of hydrogen-bond acceptors (Lipinski definition) is 1. The molecule has 0 aliphatic rings. The highest BCUT2D eigenvalue weighted by molar-refractivity contribution is 5.66. The highest BCUT2D eigenvalue weighted by atomic mass is 16.4. The Hall–Kier alpha value is -0.530. The van der Waals surface area contributed by atoms with Gasteiger partial charge in [0.15, 0.2) is 0 Å². The molecule has 0 aromatic carbocycles. The Labute approximate surface area is 68.6 Å². The van der Waals surface area contributed by atoms with Gasteiger partial charge < -0.3 is 0 Å². The van der Waals surface area contributed by atoms with E-state index < -0.39 is 5.97 Å². The van der Waals surface area contributed by atoms with E-state index in [1.54, 1.807) is 0 Å². The Morgan fingerprint density at radius 3 is 2.27 bits per heavy atom. The first-order chi connectivity index (χ1) is 5.20. The van der Waals surface area contributed by atoms with Crippen LogP contribution in [0.2, 0.25) is 0 Å². The van der Waals surface area contributed by atoms with Crippen molar-refractivity contribution in [2.24, 2.45) is 5.92 Å². The zero-order valence-corrected chi connectivity index (χ0v) is 7.43. The Morgan fingerprint density at radius 1 is 1.27 bits per heavy atom. The van der Waals surface area contributed by atoms with Crippen molar-refractivity contribution in [2.45, 2.75) is 46.0 Å². The highest BCUT2D eigenvalue weighted by Gasteiger charge is 2.07. The fraction of sp³-hybridized carbons (Fsp3) is 0.889. The molecule has 1 atom stereocenters. The lowest BCUT2D eigenvalue weighted by molar-refractivity contribution is -0.143. The third-order valence-electron chi connectivity index (χ3n) is 2.03. The van der Waals surface area contributed by atoms with Crippen molar-refractivity contribution < 1.29 is 9.90 Å². The molecule has 0 fully saturated rings. The van der Waals surface area contributed by atoms with Crippen molar-refractivity contribution in [3.63, 3.8) is 0 Å². The maximum atomic E-state index is 10.1. The Bertz CT molecular complexity index is 110. The Kier molecular flexibility index (Phi) is 5.90. The predicted molar refractivity (Wildman–Crippen MR) is 43.6 cm³/mol. The van der Waals surface area contributed by atoms with Crippen LogP contribution in [-0.4, -0.2) is 5.97 Å². The van der Waals surface area contributed by atoms with Gasteiger partial charge in [-0.1, -0.05) is 33.1 Å². The average molecular weight is 157 g/mol. The summed E-state index contributed by atoms with van der Waals surface area (Å²) >= 11 is 0. The largest absolute Gasteiger partial charge is 0.355 e. The molecule has 0 aliphatic heterocycles. The highest BCUT2D eigenvalue weighted by Crippen LogP contribution is 2.16. The number of hydrogen-bond donors (Lipinski definition) is 0. The summed E-state index contributed by atoms with van der Waals surface area (Å²) in [5.74, 6) is -0.336. The van der Waals surface area contributed by atoms with Gasteiger partial charge in [0.05, 0.1) is 6.42 Å². The molecular formula is C9H17O2. The maximum Gasteiger partial charge on any atom is 0.355 e. The first kappa shape index (κ1) is 10.5. The summed E-state index contributed by atoms with van der Waals surface area (Å²) in [5.41, 5.74) is 0. The zero-order chi connectivity index (χ0) is 8.69. The van der Waals surface area contributed by atoms with Gasteiger partial charge in [0, 0.05) is 0 Å². The lowest BCUT2D eigenvalue weighted by Gasteiger charge is -2.10. The van der Waals surface area contributed by atoms with Crippen molar-refractivity contribution in [1.82, 2.24) is 0 Å². The van der Waals surface area contributed by atoms with Crippen LogP contribution in [0.25, 0.3) is 0 Å². The molecule has 0 aromatic heterocycles. The molecule has 1 unspecified atom stereocenters. The molecule has 65 valence electrons. The van der Waals surface area contributed by atoms with E-state index in [4.69, 9.17) is 0 Å². The fourth-order valence-electron chi connectivity index (χ4n) is 1.28. The summed E-state index contributed by atoms with van der Waals surface area (Å²) in [4.78, 5) is 10.1. The van der Waals surface area contributed by atoms with Crippen LogP contribution >= 0.6 is 0 Å². The molecule has 0 bridgehead atoms. The van der Waals surface area contributed by atoms with E-state index in [-0.39, 0.29) is 6.42 Å². The monoisotopic (exact) mass is 157 g/mol. The molecule has 0 saturated carbocycles. The molecule has 11 heavy (non-hydrogen) atoms. The molecule has 0 amide bonds. The lowest BCUT2D eigenvalue weighted by atomic mass is 9.95. The Morgan fingerprint density at radius 2 is 1.91 bits per heavy atom. The van der Waals surface area contributed by atoms with Gasteiger partial charge in [-0.3, -0.25) is 0 Å². The molecule has 1 radical (unpaired) electrons. The molecular weight excluding hydrogens is 140 g/mol. The fourth-order valence-corrected chi connectivity index (χ4v) is 1.28. The van der Waals surface area contributed by atoms with Crippen molar-refractivity contribution in [3.8, 4) is 0 Å². The van der Waals surface area contributed by atoms with E-state index >= 15 is 0 Å². The lowest BCUT2D eigenvalue weighted by Crippen LogP contribution is -2.02. The summed E-state index contributed by atoms with van der Waals surface area (Å²) in [6.07, 6.45) is 4.38. The van der Waals surface area contributed by atoms with Crippen LogP contribution in [0.3, 0.4) is 0 Å². The standard InChI is InChI=1S/C9H17O2/c1-3-5-8(4-2)6-7-9(10)11/h8H,3-7H2,1-2H3. The van der Waals surface area contributed by atoms with E-state index in [2.05, 4.69) is 13.8 Å². The van der Waals surface area contributed by atoms with Gasteiger partial charge in [0.25, 0.3) is 0 Å². The average Bonchev–Trinajstić information content (AvgIpc) is 1.97. The van der Waals surface area contributed by atoms with E-state index in [0.717, 1.165) is 25.7 Å². The van der Waals surface area contributed by atoms with Gasteiger partial charge >= 0.3 is 5.97 Å². The van der Waals surface area contributed by atoms with E-state index in [9.17, 15) is 9.90 Å². The minimum atomic E-state index is -0.917. The third-order valence-corrected chi connectivity index (χ3v) is 2.03. The first-order valence-corrected chi connectivity index (χ1v) is 4.40. The van der Waals surface area contributed by atoms with Crippen LogP contribution in [-0.2, 0) is 9.90 Å². The summed E-state index contributed by atoms with van der Waals surface area (Å²) in [7, 11) is 0. The summed E-state index contributed by atoms with van der Waals surface area (Å²) in [6.45, 7) is 4.23. The SMILES string of the molecule is CCCC(CC)CCC([O])=O. The van der Waals surface area contributed by atoms with Gasteiger partial charge in [0.2, 0.25) is 0 Å². The zero-order valence-electron chi connectivity index (χ0n) is 7.43. The molecule has 2 nitrogen and oxygen atoms in total. The van der Waals surface area contributed by atoms with Crippen LogP contribution in [0.4, 0.5) is 0 Å². The van der Waals surface area contributed by atoms with Crippen molar-refractivity contribution >= 4 is 5.97 Å². The van der Waals surface area contributed by atoms with Gasteiger partial charge in [-0.15, -0.1) is 0 Å². The smallest absolute Gasteiger partial charge is 0.247 e. The van der Waals surface area contributed by atoms with Crippen LogP contribution in [0.1, 0.15) is 46.0 Å². The van der Waals surface area contributed by atoms with Crippen molar-refractivity contribution in [2.75, 3.05) is 0 Å². The predicted octanol–water partition coefficient (Wildman–Crippen LogP) is 2.55. The van der Waals surface area contributed by atoms with Gasteiger partial charge in [-0.25, -0.2) is 9.90 Å². The van der Waals surface area contributed by atoms with Gasteiger partial charge in [-0.05, 0) is 12.3 Å². The van der Waals surface area contributed by atoms with Gasteiger partial charge in [0.1, 0.15) is 0 Å². The molecule has 0 spiro atoms. The third kappa shape index (κ3) is 5.89. The summed E-state index contributed by atoms with van der Waals surface area (Å²) < 4.78 is 0. The maximum absolute atomic E-state index is 10.1. The van der Waals surface area contributed by atoms with Crippen LogP contribution in [0.5, 0.6) is 0 Å². The summed E-state index contributed by atoms with van der Waals surface area (Å²) in [6, 6.07) is 0. The van der Waals surface area contributed by atoms with E-state index in [1.807, 2.05) is 0 Å². The minimum absolute atomic E-state index is 0.221. The second-order valence-corrected chi connectivity index (χ2v) is 2.97. The van der Waals surface area contributed by atoms with E-state index in [0.29, 0.717) is 5.92 Å². The Balaban J connectivity index is 3.43. The van der Waals surface area contributed by atoms with Gasteiger partial charge in [-0.2, -0.15) is 0 Å². The molecule has 0 aliphatic carbocycles. The summed E-state index contributed by atoms with van der Waals surface area (Å²) in [5, 5.41) is 10.1. The van der Waals surface area contributed by atoms with Crippen molar-refractivity contribution in [1.29, 1.82) is 0 Å². The minimum Gasteiger partial charge on any atom is -0.247 e. The molecule has 0 rings (SSSR count). The van der Waals surface area contributed by atoms with E-state index in [1.165, 1.54) is 0 Å². The van der Waals surface area contributed by atoms with Crippen molar-refractivity contribution in [3.05, 3.63) is 0 Å². The second kappa shape index (κ2) is 6.20. The number of rotatable bonds is 6. The topological polar surface area (TPSA) is 37.0 Å². The molecule has 2 heteroatoms. The normalized spacial score (nSPS) is 12.9. The molecule has 0 aromatic rings. The second-order valence-electron chi connectivity index (χ2n) is 2.97. The molecule has 0 heterocycles. The number of carbonyl (C=O) groups is 1. The van der Waals surface area contributed by atoms with Crippen LogP contribution in [0, 0.1) is 5.92 Å².